The molecule has 0 bridgehead atoms. The van der Waals surface area contributed by atoms with E-state index in [9.17, 15) is 19.2 Å². The minimum absolute atomic E-state index is 0.0138. The maximum atomic E-state index is 15.2. The molecule has 3 aromatic heterocycles. The number of nitrogens with zero attached hydrogens (tertiary/aromatic N) is 7. The third kappa shape index (κ3) is 11.9. The summed E-state index contributed by atoms with van der Waals surface area (Å²) in [5.41, 5.74) is 3.49. The number of imide groups is 1. The first-order valence-corrected chi connectivity index (χ1v) is 28.7. The number of piperidine rings is 1. The number of hydrogen-bond acceptors (Lipinski definition) is 13. The predicted molar refractivity (Wildman–Crippen MR) is 303 cm³/mol. The number of unbranched alkanes of at least 4 members (excludes halogenated alkanes) is 1. The first kappa shape index (κ1) is 54.6. The van der Waals surface area contributed by atoms with Crippen molar-refractivity contribution in [3.05, 3.63) is 125 Å². The highest BCUT2D eigenvalue weighted by Crippen LogP contribution is 2.43. The third-order valence-corrected chi connectivity index (χ3v) is 17.0. The standard InChI is InChI=1S/C61H66F3N9O6S/c1-60(2,3)79-58(77)54-42(24-26-51(66-54)73-30-28-38-12-9-13-43(46(38)36-73)56(75)68-59-65-48-15-5-6-17-50(48)80-59)41-23-22-40(35-47(41)61(62,63)64)78-39-20-18-37(19-21-39)11-7-8-29-71-31-33-72(34-32-71)49-16-10-14-44-53(69-70(4)55(44)49)45-25-27-52(74)67-57(45)76/h5-6,9-10,12-17,22-24,26,35,37,39,45H,7-8,11,18-21,25,27-34,36H2,1-4H3,(H,65,68,75)(H,67,74,76). The molecular formula is C61H66F3N9O6S. The lowest BCUT2D eigenvalue weighted by atomic mass is 9.84. The van der Waals surface area contributed by atoms with Gasteiger partial charge in [0.1, 0.15) is 17.2 Å². The molecule has 7 aromatic rings. The van der Waals surface area contributed by atoms with E-state index in [0.717, 1.165) is 127 Å². The molecule has 1 unspecified atom stereocenters. The molecule has 2 N–H and O–H groups in total. The largest absolute Gasteiger partial charge is 0.490 e. The minimum Gasteiger partial charge on any atom is -0.490 e. The van der Waals surface area contributed by atoms with Gasteiger partial charge in [-0.25, -0.2) is 14.8 Å². The summed E-state index contributed by atoms with van der Waals surface area (Å²) in [5, 5.41) is 11.6. The van der Waals surface area contributed by atoms with E-state index in [0.29, 0.717) is 48.2 Å². The number of benzene rings is 4. The van der Waals surface area contributed by atoms with Gasteiger partial charge in [0.15, 0.2) is 10.8 Å². The summed E-state index contributed by atoms with van der Waals surface area (Å²) in [6.45, 7) is 10.5. The minimum atomic E-state index is -4.79. The van der Waals surface area contributed by atoms with Crippen LogP contribution in [0.4, 0.5) is 29.8 Å². The number of anilines is 3. The fourth-order valence-electron chi connectivity index (χ4n) is 12.0. The Labute approximate surface area is 466 Å². The topological polar surface area (TPSA) is 164 Å². The van der Waals surface area contributed by atoms with Crippen molar-refractivity contribution >= 4 is 72.8 Å². The Kier molecular flexibility index (Phi) is 15.4. The number of fused-ring (bicyclic) bond motifs is 3. The first-order valence-electron chi connectivity index (χ1n) is 27.8. The van der Waals surface area contributed by atoms with Crippen LogP contribution >= 0.6 is 11.3 Å². The number of alkyl halides is 3. The molecule has 1 aliphatic carbocycles. The number of ether oxygens (including phenoxy) is 2. The molecule has 80 heavy (non-hydrogen) atoms. The van der Waals surface area contributed by atoms with Gasteiger partial charge < -0.3 is 19.3 Å². The van der Waals surface area contributed by atoms with E-state index in [1.54, 1.807) is 39.0 Å². The fraction of sp³-hybridized carbons (Fsp3) is 0.426. The van der Waals surface area contributed by atoms with Gasteiger partial charge in [0.25, 0.3) is 5.91 Å². The van der Waals surface area contributed by atoms with E-state index in [2.05, 4.69) is 31.5 Å². The zero-order chi connectivity index (χ0) is 55.9. The molecule has 0 spiro atoms. The van der Waals surface area contributed by atoms with E-state index < -0.39 is 29.2 Å². The molecule has 4 aromatic carbocycles. The van der Waals surface area contributed by atoms with Crippen LogP contribution in [0.5, 0.6) is 5.75 Å². The first-order chi connectivity index (χ1) is 38.4. The number of amides is 3. The number of rotatable bonds is 14. The van der Waals surface area contributed by atoms with Gasteiger partial charge in [-0.1, -0.05) is 66.6 Å². The van der Waals surface area contributed by atoms with Gasteiger partial charge in [0.2, 0.25) is 11.8 Å². The summed E-state index contributed by atoms with van der Waals surface area (Å²) in [6, 6.07) is 26.5. The molecule has 3 fully saturated rings. The Hall–Kier alpha value is -7.38. The van der Waals surface area contributed by atoms with Crippen LogP contribution in [0, 0.1) is 5.92 Å². The Morgan fingerprint density at radius 3 is 2.35 bits per heavy atom. The van der Waals surface area contributed by atoms with Crippen LogP contribution in [0.3, 0.4) is 0 Å². The van der Waals surface area contributed by atoms with Crippen molar-refractivity contribution in [2.75, 3.05) is 54.4 Å². The van der Waals surface area contributed by atoms with Gasteiger partial charge in [-0.15, -0.1) is 0 Å². The number of esters is 1. The van der Waals surface area contributed by atoms with Crippen LogP contribution in [0.25, 0.3) is 32.2 Å². The second-order valence-electron chi connectivity index (χ2n) is 22.6. The van der Waals surface area contributed by atoms with E-state index in [-0.39, 0.29) is 52.9 Å². The maximum absolute atomic E-state index is 15.2. The number of piperazine rings is 1. The molecular weight excluding hydrogens is 1040 g/mol. The van der Waals surface area contributed by atoms with Crippen LogP contribution in [0.1, 0.15) is 128 Å². The average Bonchev–Trinajstić information content (AvgIpc) is 4.03. The number of halogens is 3. The van der Waals surface area contributed by atoms with E-state index >= 15 is 13.2 Å². The summed E-state index contributed by atoms with van der Waals surface area (Å²) in [4.78, 5) is 68.5. The summed E-state index contributed by atoms with van der Waals surface area (Å²) >= 11 is 1.38. The number of pyridine rings is 1. The lowest BCUT2D eigenvalue weighted by Gasteiger charge is -2.36. The highest BCUT2D eigenvalue weighted by Gasteiger charge is 2.38. The van der Waals surface area contributed by atoms with Crippen LogP contribution in [-0.2, 0) is 40.5 Å². The summed E-state index contributed by atoms with van der Waals surface area (Å²) in [5.74, 6) is -1.12. The lowest BCUT2D eigenvalue weighted by molar-refractivity contribution is -0.137. The predicted octanol–water partition coefficient (Wildman–Crippen LogP) is 11.5. The van der Waals surface area contributed by atoms with Crippen LogP contribution < -0.4 is 25.2 Å². The van der Waals surface area contributed by atoms with Crippen molar-refractivity contribution < 1.29 is 41.8 Å². The van der Waals surface area contributed by atoms with E-state index in [1.807, 2.05) is 65.2 Å². The van der Waals surface area contributed by atoms with Crippen molar-refractivity contribution in [1.29, 1.82) is 0 Å². The molecule has 4 aliphatic rings. The number of aromatic nitrogens is 4. The molecule has 1 atom stereocenters. The fourth-order valence-corrected chi connectivity index (χ4v) is 12.9. The van der Waals surface area contributed by atoms with Crippen molar-refractivity contribution in [3.8, 4) is 16.9 Å². The van der Waals surface area contributed by atoms with Gasteiger partial charge in [-0.3, -0.25) is 34.6 Å². The quantitative estimate of drug-likeness (QED) is 0.0603. The molecule has 19 heteroatoms. The molecule has 418 valence electrons. The zero-order valence-electron chi connectivity index (χ0n) is 45.5. The Bertz CT molecular complexity index is 3450. The number of para-hydroxylation sites is 2. The number of carbonyl (C=O) groups excluding carboxylic acids is 4. The second-order valence-corrected chi connectivity index (χ2v) is 23.6. The Balaban J connectivity index is 0.697. The van der Waals surface area contributed by atoms with Gasteiger partial charge in [-0.05, 0) is 143 Å². The van der Waals surface area contributed by atoms with Crippen LogP contribution in [0.15, 0.2) is 91.0 Å². The lowest BCUT2D eigenvalue weighted by Crippen LogP contribution is -2.46. The number of thiazole rings is 1. The molecule has 1 saturated carbocycles. The summed E-state index contributed by atoms with van der Waals surface area (Å²) in [6.07, 6.45) is 2.99. The zero-order valence-corrected chi connectivity index (χ0v) is 46.4. The SMILES string of the molecule is Cn1nc(C2CCC(=O)NC2=O)c2cccc(N3CCN(CCCCC4CCC(Oc5ccc(-c6ccc(N7CCc8cccc(C(=O)Nc9nc%10ccccc%10s9)c8C7)nc6C(=O)OC(C)(C)C)c(C(F)(F)F)c5)CC4)CC3)c21. The summed E-state index contributed by atoms with van der Waals surface area (Å²) in [7, 11) is 1.91. The Morgan fingerprint density at radius 2 is 1.59 bits per heavy atom. The van der Waals surface area contributed by atoms with Crippen LogP contribution in [-0.4, -0.2) is 99.3 Å². The number of nitrogens with one attached hydrogen (secondary N) is 2. The molecule has 11 rings (SSSR count). The average molecular weight is 1110 g/mol. The van der Waals surface area contributed by atoms with Crippen molar-refractivity contribution in [2.45, 2.75) is 115 Å². The molecule has 3 aliphatic heterocycles. The molecule has 15 nitrogen and oxygen atoms in total. The molecule has 6 heterocycles. The van der Waals surface area contributed by atoms with Gasteiger partial charge >= 0.3 is 12.1 Å². The smallest absolute Gasteiger partial charge is 0.417 e. The van der Waals surface area contributed by atoms with Gasteiger partial charge in [0, 0.05) is 69.3 Å². The van der Waals surface area contributed by atoms with Crippen LogP contribution in [0.2, 0.25) is 0 Å². The van der Waals surface area contributed by atoms with Gasteiger partial charge in [-0.2, -0.15) is 18.3 Å². The normalized spacial score (nSPS) is 19.3. The number of aryl methyl sites for hydroxylation is 1. The monoisotopic (exact) mass is 1110 g/mol. The van der Waals surface area contributed by atoms with Crippen molar-refractivity contribution in [3.63, 3.8) is 0 Å². The highest BCUT2D eigenvalue weighted by molar-refractivity contribution is 7.22. The maximum Gasteiger partial charge on any atom is 0.417 e. The number of hydrogen-bond donors (Lipinski definition) is 2. The number of carbonyl (C=O) groups is 4. The third-order valence-electron chi connectivity index (χ3n) is 16.0. The van der Waals surface area contributed by atoms with Gasteiger partial charge in [0.05, 0.1) is 44.7 Å². The molecule has 3 amide bonds. The second kappa shape index (κ2) is 22.6. The highest BCUT2D eigenvalue weighted by atomic mass is 32.1. The molecule has 2 saturated heterocycles. The Morgan fingerprint density at radius 1 is 0.812 bits per heavy atom. The van der Waals surface area contributed by atoms with Crippen molar-refractivity contribution in [2.24, 2.45) is 13.0 Å². The van der Waals surface area contributed by atoms with E-state index in [1.165, 1.54) is 23.5 Å². The van der Waals surface area contributed by atoms with Crippen molar-refractivity contribution in [1.82, 2.24) is 30.0 Å². The summed E-state index contributed by atoms with van der Waals surface area (Å²) < 4.78 is 60.4. The van der Waals surface area contributed by atoms with E-state index in [4.69, 9.17) is 19.6 Å². The molecule has 0 radical (unpaired) electrons.